The molecule has 1 aromatic carbocycles. The van der Waals surface area contributed by atoms with Gasteiger partial charge in [0.25, 0.3) is 0 Å². The van der Waals surface area contributed by atoms with Gasteiger partial charge in [-0.2, -0.15) is 0 Å². The van der Waals surface area contributed by atoms with E-state index in [-0.39, 0.29) is 11.6 Å². The van der Waals surface area contributed by atoms with Crippen molar-refractivity contribution in [1.82, 2.24) is 5.16 Å². The molecule has 0 aliphatic carbocycles. The van der Waals surface area contributed by atoms with Gasteiger partial charge in [-0.15, -0.1) is 0 Å². The lowest BCUT2D eigenvalue weighted by Gasteiger charge is -2.15. The van der Waals surface area contributed by atoms with Crippen LogP contribution in [0.5, 0.6) is 5.75 Å². The van der Waals surface area contributed by atoms with Gasteiger partial charge >= 0.3 is 0 Å². The summed E-state index contributed by atoms with van der Waals surface area (Å²) in [6.07, 6.45) is 1.51. The number of nitrogens with zero attached hydrogens (tertiary/aromatic N) is 1. The summed E-state index contributed by atoms with van der Waals surface area (Å²) in [4.78, 5) is 0. The quantitative estimate of drug-likeness (QED) is 0.847. The number of nitrogen functional groups attached to an aromatic ring is 1. The fourth-order valence-electron chi connectivity index (χ4n) is 1.86. The monoisotopic (exact) mass is 296 g/mol. The molecule has 1 aromatic heterocycles. The number of anilines is 1. The van der Waals surface area contributed by atoms with Gasteiger partial charge in [-0.25, -0.2) is 0 Å². The first kappa shape index (κ1) is 12.0. The highest BCUT2D eigenvalue weighted by Crippen LogP contribution is 2.43. The number of hydrogen-bond acceptors (Lipinski definition) is 4. The molecule has 0 aliphatic heterocycles. The molecule has 2 rings (SSSR count). The summed E-state index contributed by atoms with van der Waals surface area (Å²) in [5.74, 6) is 0.427. The highest BCUT2D eigenvalue weighted by atomic mass is 79.9. The first-order valence-corrected chi connectivity index (χ1v) is 5.93. The third kappa shape index (κ3) is 1.70. The van der Waals surface area contributed by atoms with Crippen molar-refractivity contribution in [1.29, 1.82) is 0 Å². The van der Waals surface area contributed by atoms with Gasteiger partial charge in [0.1, 0.15) is 5.75 Å². The van der Waals surface area contributed by atoms with E-state index in [1.54, 1.807) is 0 Å². The summed E-state index contributed by atoms with van der Waals surface area (Å²) >= 11 is 3.52. The Morgan fingerprint density at radius 3 is 2.41 bits per heavy atom. The van der Waals surface area contributed by atoms with E-state index in [9.17, 15) is 5.11 Å². The van der Waals surface area contributed by atoms with E-state index < -0.39 is 0 Å². The van der Waals surface area contributed by atoms with E-state index in [2.05, 4.69) is 21.1 Å². The molecule has 0 saturated heterocycles. The Kier molecular flexibility index (Phi) is 2.87. The number of benzene rings is 1. The summed E-state index contributed by atoms with van der Waals surface area (Å²) in [6, 6.07) is 0. The Labute approximate surface area is 108 Å². The predicted octanol–water partition coefficient (Wildman–Crippen LogP) is 3.32. The lowest BCUT2D eigenvalue weighted by molar-refractivity contribution is 0.436. The van der Waals surface area contributed by atoms with Crippen LogP contribution in [0.3, 0.4) is 0 Å². The molecule has 0 radical (unpaired) electrons. The Hall–Kier alpha value is -1.49. The molecule has 0 fully saturated rings. The van der Waals surface area contributed by atoms with Gasteiger partial charge in [-0.1, -0.05) is 21.1 Å². The zero-order valence-electron chi connectivity index (χ0n) is 9.84. The van der Waals surface area contributed by atoms with Crippen molar-refractivity contribution in [3.8, 4) is 16.9 Å². The molecule has 2 aromatic rings. The van der Waals surface area contributed by atoms with Crippen molar-refractivity contribution >= 4 is 21.8 Å². The molecule has 4 nitrogen and oxygen atoms in total. The van der Waals surface area contributed by atoms with Crippen LogP contribution in [-0.4, -0.2) is 10.3 Å². The lowest BCUT2D eigenvalue weighted by Crippen LogP contribution is -1.95. The van der Waals surface area contributed by atoms with E-state index in [0.717, 1.165) is 21.2 Å². The summed E-state index contributed by atoms with van der Waals surface area (Å²) in [5, 5.41) is 13.9. The van der Waals surface area contributed by atoms with Gasteiger partial charge in [-0.3, -0.25) is 0 Å². The van der Waals surface area contributed by atoms with Crippen LogP contribution in [0.1, 0.15) is 16.7 Å². The van der Waals surface area contributed by atoms with Crippen LogP contribution in [0, 0.1) is 20.8 Å². The minimum Gasteiger partial charge on any atom is -0.507 e. The second-order valence-corrected chi connectivity index (χ2v) is 4.81. The SMILES string of the molecule is Cc1c(C)c(Br)c(C)c(-c2cnoc2N)c1O. The molecule has 90 valence electrons. The number of halogens is 1. The Bertz CT molecular complexity index is 561. The van der Waals surface area contributed by atoms with Crippen molar-refractivity contribution < 1.29 is 9.63 Å². The van der Waals surface area contributed by atoms with Crippen molar-refractivity contribution in [2.24, 2.45) is 0 Å². The van der Waals surface area contributed by atoms with E-state index in [4.69, 9.17) is 10.3 Å². The predicted molar refractivity (Wildman–Crippen MR) is 69.9 cm³/mol. The molecule has 0 saturated carbocycles. The van der Waals surface area contributed by atoms with Crippen LogP contribution in [0.15, 0.2) is 15.2 Å². The first-order valence-electron chi connectivity index (χ1n) is 5.13. The number of phenolic OH excluding ortho intramolecular Hbond substituents is 1. The molecule has 0 unspecified atom stereocenters. The van der Waals surface area contributed by atoms with Crippen LogP contribution >= 0.6 is 15.9 Å². The fourth-order valence-corrected chi connectivity index (χ4v) is 2.36. The number of hydrogen-bond donors (Lipinski definition) is 2. The van der Waals surface area contributed by atoms with E-state index >= 15 is 0 Å². The summed E-state index contributed by atoms with van der Waals surface area (Å²) in [6.45, 7) is 5.73. The number of nitrogens with two attached hydrogens (primary N) is 1. The highest BCUT2D eigenvalue weighted by molar-refractivity contribution is 9.10. The maximum Gasteiger partial charge on any atom is 0.230 e. The molecular weight excluding hydrogens is 284 g/mol. The molecule has 17 heavy (non-hydrogen) atoms. The van der Waals surface area contributed by atoms with E-state index in [1.165, 1.54) is 6.20 Å². The lowest BCUT2D eigenvalue weighted by atomic mass is 9.95. The number of aromatic nitrogens is 1. The molecular formula is C12H13BrN2O2. The molecule has 3 N–H and O–H groups in total. The van der Waals surface area contributed by atoms with Gasteiger partial charge < -0.3 is 15.4 Å². The molecule has 0 atom stereocenters. The molecule has 0 bridgehead atoms. The average molecular weight is 297 g/mol. The fraction of sp³-hybridized carbons (Fsp3) is 0.250. The third-order valence-corrected chi connectivity index (χ3v) is 4.25. The smallest absolute Gasteiger partial charge is 0.230 e. The summed E-state index contributed by atoms with van der Waals surface area (Å²) in [5.41, 5.74) is 9.72. The van der Waals surface area contributed by atoms with Gasteiger partial charge in [0.05, 0.1) is 11.8 Å². The van der Waals surface area contributed by atoms with Gasteiger partial charge in [-0.05, 0) is 37.5 Å². The normalized spacial score (nSPS) is 10.8. The number of rotatable bonds is 1. The van der Waals surface area contributed by atoms with Crippen molar-refractivity contribution in [3.63, 3.8) is 0 Å². The second-order valence-electron chi connectivity index (χ2n) is 4.02. The van der Waals surface area contributed by atoms with Crippen molar-refractivity contribution in [3.05, 3.63) is 27.4 Å². The number of aromatic hydroxyl groups is 1. The first-order chi connectivity index (χ1) is 7.95. The maximum absolute atomic E-state index is 10.2. The molecule has 1 heterocycles. The van der Waals surface area contributed by atoms with Gasteiger partial charge in [0, 0.05) is 10.0 Å². The Morgan fingerprint density at radius 1 is 1.24 bits per heavy atom. The minimum atomic E-state index is 0.207. The zero-order chi connectivity index (χ0) is 12.7. The topological polar surface area (TPSA) is 72.3 Å². The average Bonchev–Trinajstić information content (AvgIpc) is 2.71. The van der Waals surface area contributed by atoms with Crippen LogP contribution in [0.2, 0.25) is 0 Å². The summed E-state index contributed by atoms with van der Waals surface area (Å²) < 4.78 is 5.80. The van der Waals surface area contributed by atoms with Gasteiger partial charge in [0.2, 0.25) is 5.88 Å². The molecule has 0 spiro atoms. The zero-order valence-corrected chi connectivity index (χ0v) is 11.4. The Morgan fingerprint density at radius 2 is 1.88 bits per heavy atom. The standard InChI is InChI=1S/C12H13BrN2O2/c1-5-6(2)11(16)9(7(3)10(5)13)8-4-15-17-12(8)14/h4,16H,14H2,1-3H3. The second kappa shape index (κ2) is 4.07. The van der Waals surface area contributed by atoms with Crippen molar-refractivity contribution in [2.75, 3.05) is 5.73 Å². The van der Waals surface area contributed by atoms with Crippen LogP contribution in [-0.2, 0) is 0 Å². The largest absolute Gasteiger partial charge is 0.507 e. The third-order valence-electron chi connectivity index (χ3n) is 3.06. The summed E-state index contributed by atoms with van der Waals surface area (Å²) in [7, 11) is 0. The van der Waals surface area contributed by atoms with Gasteiger partial charge in [0.15, 0.2) is 0 Å². The van der Waals surface area contributed by atoms with Crippen LogP contribution < -0.4 is 5.73 Å². The van der Waals surface area contributed by atoms with Crippen molar-refractivity contribution in [2.45, 2.75) is 20.8 Å². The maximum atomic E-state index is 10.2. The highest BCUT2D eigenvalue weighted by Gasteiger charge is 2.20. The minimum absolute atomic E-state index is 0.207. The van der Waals surface area contributed by atoms with Crippen LogP contribution in [0.25, 0.3) is 11.1 Å². The van der Waals surface area contributed by atoms with E-state index in [0.29, 0.717) is 11.1 Å². The van der Waals surface area contributed by atoms with E-state index in [1.807, 2.05) is 20.8 Å². The molecule has 0 amide bonds. The molecule has 5 heteroatoms. The van der Waals surface area contributed by atoms with Crippen LogP contribution in [0.4, 0.5) is 5.88 Å². The Balaban J connectivity index is 2.84. The molecule has 0 aliphatic rings. The number of phenols is 1.